The third kappa shape index (κ3) is 5.86. The molecule has 0 unspecified atom stereocenters. The van der Waals surface area contributed by atoms with Crippen LogP contribution in [0.3, 0.4) is 0 Å². The van der Waals surface area contributed by atoms with E-state index in [0.29, 0.717) is 12.1 Å². The number of hydrogen-bond acceptors (Lipinski definition) is 2. The van der Waals surface area contributed by atoms with E-state index in [1.165, 1.54) is 10.9 Å². The van der Waals surface area contributed by atoms with Gasteiger partial charge in [0.15, 0.2) is 5.96 Å². The quantitative estimate of drug-likeness (QED) is 0.249. The van der Waals surface area contributed by atoms with Crippen LogP contribution in [-0.4, -0.2) is 37.0 Å². The summed E-state index contributed by atoms with van der Waals surface area (Å²) in [7, 11) is 1.77. The number of unbranched alkanes of at least 4 members (excludes halogenated alkanes) is 1. The lowest BCUT2D eigenvalue weighted by Gasteiger charge is -2.12. The van der Waals surface area contributed by atoms with E-state index in [-0.39, 0.29) is 5.91 Å². The minimum Gasteiger partial charge on any atom is -0.361 e. The number of guanidine groups is 1. The van der Waals surface area contributed by atoms with Gasteiger partial charge in [-0.2, -0.15) is 0 Å². The first-order valence-corrected chi connectivity index (χ1v) is 10.6. The number of benzene rings is 2. The van der Waals surface area contributed by atoms with Crippen molar-refractivity contribution in [2.24, 2.45) is 4.99 Å². The van der Waals surface area contributed by atoms with Crippen LogP contribution in [-0.2, 0) is 13.0 Å². The number of amides is 1. The number of carbonyl (C=O) groups is 1. The van der Waals surface area contributed by atoms with E-state index in [4.69, 9.17) is 0 Å². The molecular formula is C24H31N5O. The molecule has 0 fully saturated rings. The Hall–Kier alpha value is -3.28. The molecule has 0 radical (unpaired) electrons. The summed E-state index contributed by atoms with van der Waals surface area (Å²) in [6.07, 6.45) is 5.05. The molecule has 158 valence electrons. The molecule has 2 aromatic carbocycles. The predicted octanol–water partition coefficient (Wildman–Crippen LogP) is 3.61. The minimum absolute atomic E-state index is 0.0160. The maximum absolute atomic E-state index is 12.1. The summed E-state index contributed by atoms with van der Waals surface area (Å²) in [6, 6.07) is 16.0. The van der Waals surface area contributed by atoms with Crippen LogP contribution in [0, 0.1) is 0 Å². The average Bonchev–Trinajstić information content (AvgIpc) is 3.19. The zero-order valence-corrected chi connectivity index (χ0v) is 17.8. The number of fused-ring (bicyclic) bond motifs is 1. The molecule has 1 amide bonds. The Morgan fingerprint density at radius 1 is 1.00 bits per heavy atom. The zero-order valence-electron chi connectivity index (χ0n) is 17.8. The van der Waals surface area contributed by atoms with Crippen molar-refractivity contribution in [1.82, 2.24) is 20.9 Å². The lowest BCUT2D eigenvalue weighted by atomic mass is 10.1. The molecular weight excluding hydrogens is 374 g/mol. The molecule has 3 aromatic rings. The fourth-order valence-corrected chi connectivity index (χ4v) is 3.32. The number of rotatable bonds is 9. The van der Waals surface area contributed by atoms with E-state index in [9.17, 15) is 4.79 Å². The van der Waals surface area contributed by atoms with Gasteiger partial charge in [-0.25, -0.2) is 0 Å². The van der Waals surface area contributed by atoms with Crippen molar-refractivity contribution < 1.29 is 4.79 Å². The van der Waals surface area contributed by atoms with Crippen molar-refractivity contribution >= 4 is 22.8 Å². The first kappa shape index (κ1) is 21.4. The van der Waals surface area contributed by atoms with Crippen LogP contribution in [0.25, 0.3) is 10.9 Å². The molecule has 4 N–H and O–H groups in total. The fourth-order valence-electron chi connectivity index (χ4n) is 3.32. The second-order valence-corrected chi connectivity index (χ2v) is 7.27. The Morgan fingerprint density at radius 3 is 2.57 bits per heavy atom. The highest BCUT2D eigenvalue weighted by molar-refractivity contribution is 5.94. The van der Waals surface area contributed by atoms with Gasteiger partial charge in [0.05, 0.1) is 0 Å². The Morgan fingerprint density at radius 2 is 1.80 bits per heavy atom. The molecule has 1 heterocycles. The molecule has 0 bridgehead atoms. The van der Waals surface area contributed by atoms with E-state index >= 15 is 0 Å². The first-order valence-electron chi connectivity index (χ1n) is 10.6. The van der Waals surface area contributed by atoms with Crippen LogP contribution >= 0.6 is 0 Å². The van der Waals surface area contributed by atoms with Gasteiger partial charge in [0.1, 0.15) is 0 Å². The van der Waals surface area contributed by atoms with Crippen molar-refractivity contribution in [3.05, 3.63) is 71.4 Å². The maximum atomic E-state index is 12.1. The third-order valence-corrected chi connectivity index (χ3v) is 5.08. The molecule has 1 aromatic heterocycles. The third-order valence-electron chi connectivity index (χ3n) is 5.08. The Bertz CT molecular complexity index is 975. The van der Waals surface area contributed by atoms with Crippen LogP contribution in [0.1, 0.15) is 41.3 Å². The number of H-pyrrole nitrogens is 1. The van der Waals surface area contributed by atoms with E-state index < -0.39 is 0 Å². The number of carbonyl (C=O) groups excluding carboxylic acids is 1. The van der Waals surface area contributed by atoms with Gasteiger partial charge in [-0.3, -0.25) is 9.79 Å². The van der Waals surface area contributed by atoms with Crippen LogP contribution in [0.2, 0.25) is 0 Å². The van der Waals surface area contributed by atoms with Crippen LogP contribution in [0.5, 0.6) is 0 Å². The van der Waals surface area contributed by atoms with E-state index in [0.717, 1.165) is 49.4 Å². The molecule has 0 saturated heterocycles. The van der Waals surface area contributed by atoms with Gasteiger partial charge >= 0.3 is 0 Å². The zero-order chi connectivity index (χ0) is 21.2. The van der Waals surface area contributed by atoms with Crippen molar-refractivity contribution in [3.8, 4) is 0 Å². The normalized spacial score (nSPS) is 11.5. The van der Waals surface area contributed by atoms with Crippen molar-refractivity contribution in [3.63, 3.8) is 0 Å². The van der Waals surface area contributed by atoms with Gasteiger partial charge in [0.2, 0.25) is 0 Å². The monoisotopic (exact) mass is 405 g/mol. The molecule has 6 nitrogen and oxygen atoms in total. The molecule has 0 atom stereocenters. The standard InChI is InChI=1S/C24H31N5O/c1-3-4-14-26-23(30)19-11-9-18(10-12-19)16-29-24(25-2)27-15-13-20-17-28-22-8-6-5-7-21(20)22/h5-12,17,28H,3-4,13-16H2,1-2H3,(H,26,30)(H2,25,27,29). The minimum atomic E-state index is -0.0160. The lowest BCUT2D eigenvalue weighted by Crippen LogP contribution is -2.37. The highest BCUT2D eigenvalue weighted by Gasteiger charge is 2.06. The summed E-state index contributed by atoms with van der Waals surface area (Å²) in [4.78, 5) is 19.7. The second kappa shape index (κ2) is 11.0. The van der Waals surface area contributed by atoms with Crippen LogP contribution in [0.4, 0.5) is 0 Å². The van der Waals surface area contributed by atoms with Gasteiger partial charge in [0, 0.05) is 49.3 Å². The predicted molar refractivity (Wildman–Crippen MR) is 124 cm³/mol. The molecule has 0 aliphatic heterocycles. The van der Waals surface area contributed by atoms with Gasteiger partial charge in [-0.15, -0.1) is 0 Å². The summed E-state index contributed by atoms with van der Waals surface area (Å²) in [6.45, 7) is 4.26. The van der Waals surface area contributed by atoms with Gasteiger partial charge in [-0.1, -0.05) is 43.7 Å². The SMILES string of the molecule is CCCCNC(=O)c1ccc(CNC(=NC)NCCc2c[nH]c3ccccc23)cc1. The smallest absolute Gasteiger partial charge is 0.251 e. The number of hydrogen-bond donors (Lipinski definition) is 4. The fraction of sp³-hybridized carbons (Fsp3) is 0.333. The molecule has 0 aliphatic rings. The van der Waals surface area contributed by atoms with Crippen LogP contribution in [0.15, 0.2) is 59.7 Å². The Balaban J connectivity index is 1.44. The highest BCUT2D eigenvalue weighted by Crippen LogP contribution is 2.17. The number of aromatic nitrogens is 1. The number of para-hydroxylation sites is 1. The number of nitrogens with zero attached hydrogens (tertiary/aromatic N) is 1. The maximum Gasteiger partial charge on any atom is 0.251 e. The summed E-state index contributed by atoms with van der Waals surface area (Å²) >= 11 is 0. The van der Waals surface area contributed by atoms with Crippen molar-refractivity contribution in [2.75, 3.05) is 20.1 Å². The first-order chi connectivity index (χ1) is 14.7. The van der Waals surface area contributed by atoms with Gasteiger partial charge in [0.25, 0.3) is 5.91 Å². The largest absolute Gasteiger partial charge is 0.361 e. The number of aliphatic imine (C=N–C) groups is 1. The average molecular weight is 406 g/mol. The number of aromatic amines is 1. The summed E-state index contributed by atoms with van der Waals surface area (Å²) in [5.74, 6) is 0.744. The molecule has 0 aliphatic carbocycles. The van der Waals surface area contributed by atoms with E-state index in [2.05, 4.69) is 57.2 Å². The summed E-state index contributed by atoms with van der Waals surface area (Å²) in [5.41, 5.74) is 4.25. The second-order valence-electron chi connectivity index (χ2n) is 7.27. The number of nitrogens with one attached hydrogen (secondary N) is 4. The van der Waals surface area contributed by atoms with Crippen molar-refractivity contribution in [1.29, 1.82) is 0 Å². The Labute approximate surface area is 178 Å². The van der Waals surface area contributed by atoms with Gasteiger partial charge < -0.3 is 20.9 Å². The molecule has 6 heteroatoms. The lowest BCUT2D eigenvalue weighted by molar-refractivity contribution is 0.0953. The molecule has 0 spiro atoms. The molecule has 30 heavy (non-hydrogen) atoms. The highest BCUT2D eigenvalue weighted by atomic mass is 16.1. The topological polar surface area (TPSA) is 81.3 Å². The molecule has 3 rings (SSSR count). The van der Waals surface area contributed by atoms with Crippen LogP contribution < -0.4 is 16.0 Å². The van der Waals surface area contributed by atoms with E-state index in [1.54, 1.807) is 7.05 Å². The van der Waals surface area contributed by atoms with E-state index in [1.807, 2.05) is 30.3 Å². The summed E-state index contributed by atoms with van der Waals surface area (Å²) in [5, 5.41) is 10.9. The van der Waals surface area contributed by atoms with Crippen molar-refractivity contribution in [2.45, 2.75) is 32.7 Å². The van der Waals surface area contributed by atoms with Gasteiger partial charge in [-0.05, 0) is 42.2 Å². The summed E-state index contributed by atoms with van der Waals surface area (Å²) < 4.78 is 0. The Kier molecular flexibility index (Phi) is 7.89. The molecule has 0 saturated carbocycles.